The van der Waals surface area contributed by atoms with E-state index in [9.17, 15) is 4.91 Å². The van der Waals surface area contributed by atoms with Crippen molar-refractivity contribution < 1.29 is 0 Å². The van der Waals surface area contributed by atoms with E-state index in [1.807, 2.05) is 49.4 Å². The molecule has 0 fully saturated rings. The zero-order chi connectivity index (χ0) is 12.8. The first kappa shape index (κ1) is 12.4. The highest BCUT2D eigenvalue weighted by Gasteiger charge is 1.98. The molecule has 0 spiro atoms. The highest BCUT2D eigenvalue weighted by molar-refractivity contribution is 7.08. The molecule has 2 aromatic rings. The molecule has 0 aliphatic rings. The summed E-state index contributed by atoms with van der Waals surface area (Å²) in [5, 5.41) is 11.2. The van der Waals surface area contributed by atoms with E-state index in [2.05, 4.69) is 15.5 Å². The second-order valence-electron chi connectivity index (χ2n) is 3.58. The summed E-state index contributed by atoms with van der Waals surface area (Å²) in [7, 11) is 0. The Labute approximate surface area is 108 Å². The number of aromatic nitrogens is 2. The van der Waals surface area contributed by atoms with E-state index >= 15 is 0 Å². The van der Waals surface area contributed by atoms with Crippen LogP contribution in [0.25, 0.3) is 6.08 Å². The van der Waals surface area contributed by atoms with Crippen molar-refractivity contribution in [1.82, 2.24) is 9.78 Å². The number of hydrogen-bond donors (Lipinski definition) is 0. The predicted octanol–water partition coefficient (Wildman–Crippen LogP) is 2.55. The molecule has 0 atom stereocenters. The third-order valence-electron chi connectivity index (χ3n) is 2.24. The van der Waals surface area contributed by atoms with Crippen molar-refractivity contribution in [3.8, 4) is 0 Å². The second-order valence-corrected chi connectivity index (χ2v) is 4.74. The fraction of sp³-hybridized carbons (Fsp3) is 0.167. The third-order valence-corrected chi connectivity index (χ3v) is 3.09. The fourth-order valence-corrected chi connectivity index (χ4v) is 2.20. The molecule has 0 amide bonds. The highest BCUT2D eigenvalue weighted by Crippen LogP contribution is 2.01. The minimum absolute atomic E-state index is 0.514. The molecule has 1 heterocycles. The molecule has 1 aromatic heterocycles. The van der Waals surface area contributed by atoms with Crippen LogP contribution in [-0.4, -0.2) is 9.78 Å². The lowest BCUT2D eigenvalue weighted by atomic mass is 10.2. The van der Waals surface area contributed by atoms with Crippen molar-refractivity contribution in [3.63, 3.8) is 0 Å². The van der Waals surface area contributed by atoms with Crippen LogP contribution in [0.15, 0.2) is 46.8 Å². The molecule has 6 heteroatoms. The van der Waals surface area contributed by atoms with E-state index in [1.165, 1.54) is 11.3 Å². The van der Waals surface area contributed by atoms with Gasteiger partial charge in [0.2, 0.25) is 4.80 Å². The zero-order valence-electron chi connectivity index (χ0n) is 9.85. The standard InChI is InChI=1S/C12H12N4OS/c1-10-14-16(12(18-10)13-15-17)9-5-8-11-6-3-2-4-7-11/h2-8H,9H2,1H3/b8-5+,13-12+. The summed E-state index contributed by atoms with van der Waals surface area (Å²) in [6.45, 7) is 2.43. The van der Waals surface area contributed by atoms with Gasteiger partial charge in [-0.2, -0.15) is 5.10 Å². The van der Waals surface area contributed by atoms with Crippen LogP contribution in [0.5, 0.6) is 0 Å². The normalized spacial score (nSPS) is 12.2. The first-order valence-corrected chi connectivity index (χ1v) is 6.24. The lowest BCUT2D eigenvalue weighted by molar-refractivity contribution is 0.657. The molecular weight excluding hydrogens is 248 g/mol. The molecule has 0 bridgehead atoms. The lowest BCUT2D eigenvalue weighted by Gasteiger charge is -1.94. The zero-order valence-corrected chi connectivity index (χ0v) is 10.7. The number of hydrogen-bond acceptors (Lipinski definition) is 4. The summed E-state index contributed by atoms with van der Waals surface area (Å²) in [5.74, 6) is 0. The van der Waals surface area contributed by atoms with Gasteiger partial charge in [-0.15, -0.1) is 4.91 Å². The number of nitroso groups, excluding NO2 is 1. The van der Waals surface area contributed by atoms with Gasteiger partial charge >= 0.3 is 0 Å². The average molecular weight is 260 g/mol. The number of benzene rings is 1. The quantitative estimate of drug-likeness (QED) is 0.626. The van der Waals surface area contributed by atoms with Crippen molar-refractivity contribution in [2.24, 2.45) is 10.4 Å². The van der Waals surface area contributed by atoms with Crippen LogP contribution in [-0.2, 0) is 6.54 Å². The van der Waals surface area contributed by atoms with Gasteiger partial charge in [-0.25, -0.2) is 4.68 Å². The SMILES string of the molecule is Cc1nn(C/C=C/c2ccccc2)/c(=N\N=O)s1. The number of rotatable bonds is 4. The van der Waals surface area contributed by atoms with Crippen LogP contribution >= 0.6 is 11.3 Å². The molecule has 0 N–H and O–H groups in total. The molecule has 0 radical (unpaired) electrons. The van der Waals surface area contributed by atoms with Gasteiger partial charge < -0.3 is 0 Å². The van der Waals surface area contributed by atoms with Crippen LogP contribution in [0.3, 0.4) is 0 Å². The van der Waals surface area contributed by atoms with Crippen LogP contribution in [0.2, 0.25) is 0 Å². The fourth-order valence-electron chi connectivity index (χ4n) is 1.50. The van der Waals surface area contributed by atoms with Gasteiger partial charge in [-0.3, -0.25) is 0 Å². The Morgan fingerprint density at radius 2 is 2.17 bits per heavy atom. The molecular formula is C12H12N4OS. The summed E-state index contributed by atoms with van der Waals surface area (Å²) in [6, 6.07) is 9.98. The Morgan fingerprint density at radius 3 is 2.89 bits per heavy atom. The lowest BCUT2D eigenvalue weighted by Crippen LogP contribution is -2.14. The Balaban J connectivity index is 2.13. The topological polar surface area (TPSA) is 59.6 Å². The van der Waals surface area contributed by atoms with E-state index in [0.717, 1.165) is 10.6 Å². The minimum atomic E-state index is 0.514. The van der Waals surface area contributed by atoms with Crippen LogP contribution < -0.4 is 4.80 Å². The summed E-state index contributed by atoms with van der Waals surface area (Å²) in [6.07, 6.45) is 3.97. The van der Waals surface area contributed by atoms with Gasteiger partial charge in [-0.05, 0) is 12.5 Å². The maximum absolute atomic E-state index is 10.2. The van der Waals surface area contributed by atoms with E-state index in [1.54, 1.807) is 4.68 Å². The van der Waals surface area contributed by atoms with Crippen molar-refractivity contribution in [2.45, 2.75) is 13.5 Å². The van der Waals surface area contributed by atoms with E-state index in [4.69, 9.17) is 0 Å². The summed E-state index contributed by atoms with van der Waals surface area (Å²) >= 11 is 1.34. The molecule has 5 nitrogen and oxygen atoms in total. The van der Waals surface area contributed by atoms with E-state index in [0.29, 0.717) is 11.3 Å². The highest BCUT2D eigenvalue weighted by atomic mass is 32.1. The van der Waals surface area contributed by atoms with Gasteiger partial charge in [-0.1, -0.05) is 58.9 Å². The van der Waals surface area contributed by atoms with Crippen LogP contribution in [0, 0.1) is 11.8 Å². The Hall–Kier alpha value is -2.08. The Kier molecular flexibility index (Phi) is 4.14. The van der Waals surface area contributed by atoms with E-state index in [-0.39, 0.29) is 0 Å². The minimum Gasteiger partial charge on any atom is -0.233 e. The van der Waals surface area contributed by atoms with Gasteiger partial charge in [0.1, 0.15) is 5.01 Å². The molecule has 0 unspecified atom stereocenters. The van der Waals surface area contributed by atoms with Gasteiger partial charge in [0, 0.05) is 0 Å². The largest absolute Gasteiger partial charge is 0.233 e. The van der Waals surface area contributed by atoms with Crippen LogP contribution in [0.1, 0.15) is 10.6 Å². The first-order chi connectivity index (χ1) is 8.79. The predicted molar refractivity (Wildman–Crippen MR) is 71.7 cm³/mol. The number of aryl methyl sites for hydroxylation is 1. The molecule has 0 aliphatic heterocycles. The van der Waals surface area contributed by atoms with Crippen molar-refractivity contribution >= 4 is 17.4 Å². The van der Waals surface area contributed by atoms with Gasteiger partial charge in [0.25, 0.3) is 0 Å². The van der Waals surface area contributed by atoms with Crippen LogP contribution in [0.4, 0.5) is 0 Å². The number of allylic oxidation sites excluding steroid dienone is 1. The molecule has 1 aromatic carbocycles. The van der Waals surface area contributed by atoms with E-state index < -0.39 is 0 Å². The monoisotopic (exact) mass is 260 g/mol. The smallest absolute Gasteiger partial charge is 0.232 e. The average Bonchev–Trinajstić information content (AvgIpc) is 2.72. The van der Waals surface area contributed by atoms with Crippen molar-refractivity contribution in [2.75, 3.05) is 0 Å². The summed E-state index contributed by atoms with van der Waals surface area (Å²) < 4.78 is 1.65. The molecule has 0 saturated heterocycles. The Bertz CT molecular complexity index is 613. The first-order valence-electron chi connectivity index (χ1n) is 5.42. The molecule has 2 rings (SSSR count). The third kappa shape index (κ3) is 3.21. The molecule has 92 valence electrons. The molecule has 0 saturated carbocycles. The van der Waals surface area contributed by atoms with Crippen molar-refractivity contribution in [1.29, 1.82) is 0 Å². The van der Waals surface area contributed by atoms with Gasteiger partial charge in [0.15, 0.2) is 0 Å². The molecule has 18 heavy (non-hydrogen) atoms. The maximum Gasteiger partial charge on any atom is 0.232 e. The Morgan fingerprint density at radius 1 is 1.39 bits per heavy atom. The molecule has 0 aliphatic carbocycles. The van der Waals surface area contributed by atoms with Crippen molar-refractivity contribution in [3.05, 3.63) is 56.7 Å². The maximum atomic E-state index is 10.2. The summed E-state index contributed by atoms with van der Waals surface area (Å²) in [5.41, 5.74) is 1.12. The second kappa shape index (κ2) is 6.02. The number of nitrogens with zero attached hydrogens (tertiary/aromatic N) is 4. The summed E-state index contributed by atoms with van der Waals surface area (Å²) in [4.78, 5) is 10.7. The van der Waals surface area contributed by atoms with Gasteiger partial charge in [0.05, 0.1) is 11.8 Å².